The summed E-state index contributed by atoms with van der Waals surface area (Å²) in [4.78, 5) is 18.3. The van der Waals surface area contributed by atoms with Crippen molar-refractivity contribution in [1.82, 2.24) is 10.3 Å². The van der Waals surface area contributed by atoms with Gasteiger partial charge in [-0.3, -0.25) is 4.79 Å². The van der Waals surface area contributed by atoms with Crippen LogP contribution in [0, 0.1) is 18.8 Å². The molecule has 1 aliphatic rings. The number of nitrogens with one attached hydrogen (secondary N) is 1. The fourth-order valence-electron chi connectivity index (χ4n) is 3.09. The molecule has 0 spiro atoms. The van der Waals surface area contributed by atoms with Crippen LogP contribution in [0.5, 0.6) is 0 Å². The van der Waals surface area contributed by atoms with Gasteiger partial charge in [0.15, 0.2) is 0 Å². The van der Waals surface area contributed by atoms with Crippen LogP contribution in [0.4, 0.5) is 5.69 Å². The van der Waals surface area contributed by atoms with E-state index in [1.54, 1.807) is 0 Å². The minimum absolute atomic E-state index is 0.0627. The van der Waals surface area contributed by atoms with E-state index in [0.29, 0.717) is 22.4 Å². The first kappa shape index (κ1) is 14.3. The van der Waals surface area contributed by atoms with E-state index in [4.69, 9.17) is 5.73 Å². The predicted octanol–water partition coefficient (Wildman–Crippen LogP) is 3.35. The van der Waals surface area contributed by atoms with Crippen LogP contribution in [0.25, 0.3) is 10.2 Å². The number of amides is 1. The normalized spacial score (nSPS) is 21.8. The first-order valence-corrected chi connectivity index (χ1v) is 8.31. The number of hydrogen-bond donors (Lipinski definition) is 2. The second-order valence-electron chi connectivity index (χ2n) is 6.03. The molecule has 0 saturated heterocycles. The third-order valence-corrected chi connectivity index (χ3v) is 5.62. The van der Waals surface area contributed by atoms with Crippen LogP contribution in [-0.2, 0) is 0 Å². The van der Waals surface area contributed by atoms with Crippen molar-refractivity contribution in [3.63, 3.8) is 0 Å². The Morgan fingerprint density at radius 1 is 1.48 bits per heavy atom. The van der Waals surface area contributed by atoms with Gasteiger partial charge >= 0.3 is 0 Å². The highest BCUT2D eigenvalue weighted by Crippen LogP contribution is 2.33. The molecule has 4 nitrogen and oxygen atoms in total. The van der Waals surface area contributed by atoms with Crippen LogP contribution < -0.4 is 11.1 Å². The van der Waals surface area contributed by atoms with E-state index in [-0.39, 0.29) is 5.91 Å². The number of aryl methyl sites for hydroxylation is 1. The smallest absolute Gasteiger partial charge is 0.263 e. The highest BCUT2D eigenvalue weighted by Gasteiger charge is 2.24. The van der Waals surface area contributed by atoms with Crippen molar-refractivity contribution in [2.24, 2.45) is 11.8 Å². The van der Waals surface area contributed by atoms with Gasteiger partial charge in [-0.25, -0.2) is 4.98 Å². The number of hydrogen-bond acceptors (Lipinski definition) is 4. The van der Waals surface area contributed by atoms with E-state index in [9.17, 15) is 4.79 Å². The molecule has 2 aromatic rings. The van der Waals surface area contributed by atoms with Gasteiger partial charge in [-0.05, 0) is 37.3 Å². The van der Waals surface area contributed by atoms with Gasteiger partial charge in [0.1, 0.15) is 9.71 Å². The van der Waals surface area contributed by atoms with E-state index in [1.165, 1.54) is 30.6 Å². The molecule has 5 heteroatoms. The van der Waals surface area contributed by atoms with Crippen molar-refractivity contribution in [3.05, 3.63) is 22.7 Å². The third-order valence-electron chi connectivity index (χ3n) is 4.50. The zero-order valence-corrected chi connectivity index (χ0v) is 13.3. The van der Waals surface area contributed by atoms with Crippen molar-refractivity contribution in [3.8, 4) is 0 Å². The molecule has 112 valence electrons. The van der Waals surface area contributed by atoms with E-state index in [2.05, 4.69) is 17.2 Å². The molecule has 3 N–H and O–H groups in total. The van der Waals surface area contributed by atoms with Gasteiger partial charge in [-0.1, -0.05) is 19.8 Å². The number of carbonyl (C=O) groups is 1. The Balaban J connectivity index is 1.76. The Bertz CT molecular complexity index is 679. The number of aromatic nitrogens is 1. The Kier molecular flexibility index (Phi) is 3.85. The Morgan fingerprint density at radius 3 is 3.00 bits per heavy atom. The van der Waals surface area contributed by atoms with Gasteiger partial charge in [0.2, 0.25) is 0 Å². The Labute approximate surface area is 128 Å². The number of anilines is 1. The molecular formula is C16H21N3OS. The van der Waals surface area contributed by atoms with Gasteiger partial charge in [0, 0.05) is 17.6 Å². The fourth-order valence-corrected chi connectivity index (χ4v) is 4.14. The van der Waals surface area contributed by atoms with E-state index >= 15 is 0 Å². The summed E-state index contributed by atoms with van der Waals surface area (Å²) in [7, 11) is 0. The zero-order chi connectivity index (χ0) is 15.0. The summed E-state index contributed by atoms with van der Waals surface area (Å²) in [5, 5.41) is 3.93. The summed E-state index contributed by atoms with van der Waals surface area (Å²) in [5.41, 5.74) is 7.61. The second kappa shape index (κ2) is 5.64. The molecule has 2 atom stereocenters. The summed E-state index contributed by atoms with van der Waals surface area (Å²) in [6, 6.07) is 3.87. The second-order valence-corrected chi connectivity index (χ2v) is 7.03. The number of nitrogens with two attached hydrogens (primary N) is 1. The van der Waals surface area contributed by atoms with E-state index in [1.807, 2.05) is 19.1 Å². The lowest BCUT2D eigenvalue weighted by Crippen LogP contribution is -2.30. The lowest BCUT2D eigenvalue weighted by molar-refractivity contribution is 0.0949. The van der Waals surface area contributed by atoms with E-state index < -0.39 is 0 Å². The third kappa shape index (κ3) is 2.75. The first-order valence-electron chi connectivity index (χ1n) is 7.50. The predicted molar refractivity (Wildman–Crippen MR) is 87.6 cm³/mol. The fraction of sp³-hybridized carbons (Fsp3) is 0.500. The molecule has 0 radical (unpaired) electrons. The summed E-state index contributed by atoms with van der Waals surface area (Å²) < 4.78 is 0. The monoisotopic (exact) mass is 303 g/mol. The number of rotatable bonds is 3. The zero-order valence-electron chi connectivity index (χ0n) is 12.5. The van der Waals surface area contributed by atoms with Gasteiger partial charge < -0.3 is 11.1 Å². The van der Waals surface area contributed by atoms with Crippen molar-refractivity contribution < 1.29 is 4.79 Å². The number of nitrogen functional groups attached to an aromatic ring is 1. The van der Waals surface area contributed by atoms with E-state index in [0.717, 1.165) is 22.5 Å². The molecular weight excluding hydrogens is 282 g/mol. The quantitative estimate of drug-likeness (QED) is 0.913. The number of thiophene rings is 1. The highest BCUT2D eigenvalue weighted by atomic mass is 32.1. The number of fused-ring (bicyclic) bond motifs is 1. The lowest BCUT2D eigenvalue weighted by atomic mass is 9.98. The van der Waals surface area contributed by atoms with Crippen LogP contribution in [0.2, 0.25) is 0 Å². The summed E-state index contributed by atoms with van der Waals surface area (Å²) in [5.74, 6) is 1.24. The Morgan fingerprint density at radius 2 is 2.29 bits per heavy atom. The van der Waals surface area contributed by atoms with Crippen molar-refractivity contribution in [1.29, 1.82) is 0 Å². The number of carbonyl (C=O) groups excluding carboxylic acids is 1. The molecule has 0 aliphatic heterocycles. The van der Waals surface area contributed by atoms with Crippen LogP contribution in [0.15, 0.2) is 12.1 Å². The average molecular weight is 303 g/mol. The standard InChI is InChI=1S/C16H21N3OS/c1-9-4-3-5-11(9)8-18-15(20)14-13(17)12-7-6-10(2)19-16(12)21-14/h6-7,9,11H,3-5,8,17H2,1-2H3,(H,18,20). The molecule has 1 fully saturated rings. The first-order chi connectivity index (χ1) is 10.1. The van der Waals surface area contributed by atoms with Crippen molar-refractivity contribution in [2.45, 2.75) is 33.1 Å². The van der Waals surface area contributed by atoms with Crippen LogP contribution in [-0.4, -0.2) is 17.4 Å². The summed E-state index contributed by atoms with van der Waals surface area (Å²) >= 11 is 1.38. The molecule has 1 amide bonds. The van der Waals surface area contributed by atoms with Gasteiger partial charge in [-0.15, -0.1) is 11.3 Å². The minimum atomic E-state index is -0.0627. The van der Waals surface area contributed by atoms with Crippen molar-refractivity contribution >= 4 is 33.1 Å². The Hall–Kier alpha value is -1.62. The van der Waals surface area contributed by atoms with Crippen LogP contribution in [0.3, 0.4) is 0 Å². The van der Waals surface area contributed by atoms with Gasteiger partial charge in [0.25, 0.3) is 5.91 Å². The number of pyridine rings is 1. The van der Waals surface area contributed by atoms with Crippen LogP contribution in [0.1, 0.15) is 41.6 Å². The summed E-state index contributed by atoms with van der Waals surface area (Å²) in [6.45, 7) is 4.96. The largest absolute Gasteiger partial charge is 0.397 e. The molecule has 21 heavy (non-hydrogen) atoms. The molecule has 2 aromatic heterocycles. The maximum Gasteiger partial charge on any atom is 0.263 e. The van der Waals surface area contributed by atoms with Gasteiger partial charge in [0.05, 0.1) is 5.69 Å². The molecule has 3 rings (SSSR count). The maximum atomic E-state index is 12.4. The molecule has 1 saturated carbocycles. The lowest BCUT2D eigenvalue weighted by Gasteiger charge is -2.15. The van der Waals surface area contributed by atoms with Crippen LogP contribution >= 0.6 is 11.3 Å². The molecule has 0 bridgehead atoms. The number of nitrogens with zero attached hydrogens (tertiary/aromatic N) is 1. The van der Waals surface area contributed by atoms with Gasteiger partial charge in [-0.2, -0.15) is 0 Å². The highest BCUT2D eigenvalue weighted by molar-refractivity contribution is 7.21. The summed E-state index contributed by atoms with van der Waals surface area (Å²) in [6.07, 6.45) is 3.76. The molecule has 0 aromatic carbocycles. The maximum absolute atomic E-state index is 12.4. The molecule has 1 aliphatic carbocycles. The molecule has 2 heterocycles. The molecule has 2 unspecified atom stereocenters. The SMILES string of the molecule is Cc1ccc2c(N)c(C(=O)NCC3CCCC3C)sc2n1. The average Bonchev–Trinajstić information content (AvgIpc) is 3.00. The van der Waals surface area contributed by atoms with Crippen molar-refractivity contribution in [2.75, 3.05) is 12.3 Å². The minimum Gasteiger partial charge on any atom is -0.397 e. The topological polar surface area (TPSA) is 68.0 Å².